The molecule has 1 heterocycles. The zero-order valence-corrected chi connectivity index (χ0v) is 13.9. The minimum Gasteiger partial charge on any atom is -0.351 e. The Morgan fingerprint density at radius 2 is 1.83 bits per heavy atom. The molecule has 4 heteroatoms. The van der Waals surface area contributed by atoms with E-state index in [2.05, 4.69) is 24.4 Å². The highest BCUT2D eigenvalue weighted by atomic mass is 16.2. The Morgan fingerprint density at radius 1 is 1.12 bits per heavy atom. The van der Waals surface area contributed by atoms with Crippen LogP contribution in [0.15, 0.2) is 54.6 Å². The number of nitrogens with one attached hydrogen (secondary N) is 1. The molecular formula is C20H22N2O2. The van der Waals surface area contributed by atoms with Gasteiger partial charge in [-0.1, -0.05) is 49.4 Å². The zero-order valence-electron chi connectivity index (χ0n) is 13.9. The van der Waals surface area contributed by atoms with Gasteiger partial charge in [0.2, 0.25) is 5.91 Å². The smallest absolute Gasteiger partial charge is 0.253 e. The highest BCUT2D eigenvalue weighted by Crippen LogP contribution is 2.25. The van der Waals surface area contributed by atoms with Crippen LogP contribution < -0.4 is 10.2 Å². The Bertz CT molecular complexity index is 727. The van der Waals surface area contributed by atoms with Crippen molar-refractivity contribution in [1.29, 1.82) is 0 Å². The van der Waals surface area contributed by atoms with Gasteiger partial charge in [0.1, 0.15) is 0 Å². The van der Waals surface area contributed by atoms with Crippen molar-refractivity contribution in [3.8, 4) is 0 Å². The number of carbonyl (C=O) groups excluding carboxylic acids is 2. The van der Waals surface area contributed by atoms with Gasteiger partial charge >= 0.3 is 0 Å². The molecule has 0 spiro atoms. The molecule has 2 amide bonds. The van der Waals surface area contributed by atoms with Gasteiger partial charge < -0.3 is 10.2 Å². The van der Waals surface area contributed by atoms with E-state index < -0.39 is 0 Å². The minimum absolute atomic E-state index is 0.0907. The van der Waals surface area contributed by atoms with Crippen molar-refractivity contribution in [3.05, 3.63) is 65.7 Å². The Morgan fingerprint density at radius 3 is 2.54 bits per heavy atom. The molecule has 1 aliphatic heterocycles. The normalized spacial score (nSPS) is 15.4. The van der Waals surface area contributed by atoms with E-state index in [-0.39, 0.29) is 17.7 Å². The maximum Gasteiger partial charge on any atom is 0.253 e. The maximum absolute atomic E-state index is 12.6. The van der Waals surface area contributed by atoms with Crippen LogP contribution in [0.2, 0.25) is 0 Å². The van der Waals surface area contributed by atoms with Crippen molar-refractivity contribution in [3.63, 3.8) is 0 Å². The van der Waals surface area contributed by atoms with E-state index in [0.717, 1.165) is 6.42 Å². The molecule has 4 nitrogen and oxygen atoms in total. The van der Waals surface area contributed by atoms with Gasteiger partial charge in [-0.2, -0.15) is 0 Å². The molecule has 124 valence electrons. The molecule has 0 radical (unpaired) electrons. The van der Waals surface area contributed by atoms with Crippen molar-refractivity contribution >= 4 is 17.5 Å². The lowest BCUT2D eigenvalue weighted by Crippen LogP contribution is -2.31. The first-order valence-electron chi connectivity index (χ1n) is 8.39. The number of carbonyl (C=O) groups is 2. The lowest BCUT2D eigenvalue weighted by molar-refractivity contribution is -0.117. The summed E-state index contributed by atoms with van der Waals surface area (Å²) in [5.41, 5.74) is 2.47. The molecule has 0 saturated carbocycles. The van der Waals surface area contributed by atoms with E-state index in [1.165, 1.54) is 5.56 Å². The van der Waals surface area contributed by atoms with Crippen LogP contribution >= 0.6 is 0 Å². The van der Waals surface area contributed by atoms with E-state index in [4.69, 9.17) is 0 Å². The van der Waals surface area contributed by atoms with Crippen LogP contribution in [-0.4, -0.2) is 24.9 Å². The Balaban J connectivity index is 1.70. The fraction of sp³-hybridized carbons (Fsp3) is 0.300. The number of amides is 2. The Kier molecular flexibility index (Phi) is 4.94. The van der Waals surface area contributed by atoms with Crippen LogP contribution in [0.3, 0.4) is 0 Å². The summed E-state index contributed by atoms with van der Waals surface area (Å²) < 4.78 is 0. The first-order valence-corrected chi connectivity index (χ1v) is 8.39. The summed E-state index contributed by atoms with van der Waals surface area (Å²) in [7, 11) is 0. The molecule has 0 bridgehead atoms. The van der Waals surface area contributed by atoms with E-state index in [1.807, 2.05) is 36.4 Å². The summed E-state index contributed by atoms with van der Waals surface area (Å²) in [6.07, 6.45) is 1.40. The molecule has 1 saturated heterocycles. The van der Waals surface area contributed by atoms with Crippen molar-refractivity contribution < 1.29 is 9.59 Å². The predicted molar refractivity (Wildman–Crippen MR) is 95.2 cm³/mol. The molecule has 24 heavy (non-hydrogen) atoms. The second kappa shape index (κ2) is 7.30. The Labute approximate surface area is 142 Å². The standard InChI is InChI=1S/C20H22N2O2/c1-15(16-8-3-2-4-9-16)14-21-20(24)17-10-5-6-11-18(17)22-13-7-12-19(22)23/h2-6,8-11,15H,7,12-14H2,1H3,(H,21,24)/t15-/m1/s1. The monoisotopic (exact) mass is 322 g/mol. The van der Waals surface area contributed by atoms with Gasteiger partial charge in [0.15, 0.2) is 0 Å². The number of hydrogen-bond acceptors (Lipinski definition) is 2. The van der Waals surface area contributed by atoms with Gasteiger partial charge in [0, 0.05) is 19.5 Å². The number of anilines is 1. The summed E-state index contributed by atoms with van der Waals surface area (Å²) in [6, 6.07) is 17.4. The third kappa shape index (κ3) is 3.48. The first kappa shape index (κ1) is 16.2. The molecule has 2 aromatic rings. The van der Waals surface area contributed by atoms with E-state index >= 15 is 0 Å². The molecule has 3 rings (SSSR count). The van der Waals surface area contributed by atoms with Gasteiger partial charge in [-0.3, -0.25) is 9.59 Å². The van der Waals surface area contributed by atoms with Gasteiger partial charge in [0.25, 0.3) is 5.91 Å². The average Bonchev–Trinajstić information content (AvgIpc) is 3.06. The fourth-order valence-electron chi connectivity index (χ4n) is 3.04. The Hall–Kier alpha value is -2.62. The van der Waals surface area contributed by atoms with Crippen LogP contribution in [0.5, 0.6) is 0 Å². The van der Waals surface area contributed by atoms with E-state index in [1.54, 1.807) is 11.0 Å². The van der Waals surface area contributed by atoms with Crippen LogP contribution in [0, 0.1) is 0 Å². The van der Waals surface area contributed by atoms with Crippen molar-refractivity contribution in [2.24, 2.45) is 0 Å². The van der Waals surface area contributed by atoms with E-state index in [0.29, 0.717) is 30.8 Å². The number of nitrogens with zero attached hydrogens (tertiary/aromatic N) is 1. The molecule has 0 unspecified atom stereocenters. The second-order valence-electron chi connectivity index (χ2n) is 6.19. The number of rotatable bonds is 5. The van der Waals surface area contributed by atoms with Crippen molar-refractivity contribution in [2.75, 3.05) is 18.0 Å². The summed E-state index contributed by atoms with van der Waals surface area (Å²) in [5.74, 6) is 0.191. The van der Waals surface area contributed by atoms with Crippen LogP contribution in [0.25, 0.3) is 0 Å². The maximum atomic E-state index is 12.6. The van der Waals surface area contributed by atoms with Gasteiger partial charge in [-0.25, -0.2) is 0 Å². The lowest BCUT2D eigenvalue weighted by Gasteiger charge is -2.20. The second-order valence-corrected chi connectivity index (χ2v) is 6.19. The van der Waals surface area contributed by atoms with Crippen molar-refractivity contribution in [2.45, 2.75) is 25.7 Å². The average molecular weight is 322 g/mol. The highest BCUT2D eigenvalue weighted by molar-refractivity contribution is 6.05. The number of benzene rings is 2. The SMILES string of the molecule is C[C@H](CNC(=O)c1ccccc1N1CCCC1=O)c1ccccc1. The summed E-state index contributed by atoms with van der Waals surface area (Å²) in [5, 5.41) is 3.00. The fourth-order valence-corrected chi connectivity index (χ4v) is 3.04. The summed E-state index contributed by atoms with van der Waals surface area (Å²) in [6.45, 7) is 3.33. The highest BCUT2D eigenvalue weighted by Gasteiger charge is 2.25. The quantitative estimate of drug-likeness (QED) is 0.918. The molecule has 1 fully saturated rings. The molecular weight excluding hydrogens is 300 g/mol. The van der Waals surface area contributed by atoms with Crippen LogP contribution in [-0.2, 0) is 4.79 Å². The van der Waals surface area contributed by atoms with Crippen LogP contribution in [0.4, 0.5) is 5.69 Å². The summed E-state index contributed by atoms with van der Waals surface area (Å²) in [4.78, 5) is 26.3. The molecule has 0 aliphatic carbocycles. The lowest BCUT2D eigenvalue weighted by atomic mass is 10.0. The molecule has 1 atom stereocenters. The largest absolute Gasteiger partial charge is 0.351 e. The van der Waals surface area contributed by atoms with Crippen molar-refractivity contribution in [1.82, 2.24) is 5.32 Å². The number of para-hydroxylation sites is 1. The summed E-state index contributed by atoms with van der Waals surface area (Å²) >= 11 is 0. The third-order valence-corrected chi connectivity index (χ3v) is 4.45. The minimum atomic E-state index is -0.131. The van der Waals surface area contributed by atoms with Gasteiger partial charge in [-0.15, -0.1) is 0 Å². The molecule has 2 aromatic carbocycles. The molecule has 1 N–H and O–H groups in total. The number of hydrogen-bond donors (Lipinski definition) is 1. The van der Waals surface area contributed by atoms with Gasteiger partial charge in [0.05, 0.1) is 11.3 Å². The van der Waals surface area contributed by atoms with E-state index in [9.17, 15) is 9.59 Å². The van der Waals surface area contributed by atoms with Gasteiger partial charge in [-0.05, 0) is 30.0 Å². The molecule has 0 aromatic heterocycles. The third-order valence-electron chi connectivity index (χ3n) is 4.45. The topological polar surface area (TPSA) is 49.4 Å². The predicted octanol–water partition coefficient (Wildman–Crippen LogP) is 3.35. The molecule has 1 aliphatic rings. The zero-order chi connectivity index (χ0) is 16.9. The first-order chi connectivity index (χ1) is 11.7. The van der Waals surface area contributed by atoms with Crippen LogP contribution in [0.1, 0.15) is 41.6 Å².